The molecule has 1 atom stereocenters. The van der Waals surface area contributed by atoms with Crippen LogP contribution in [0.2, 0.25) is 0 Å². The Morgan fingerprint density at radius 2 is 0.862 bits per heavy atom. The monoisotopic (exact) mass is 482 g/mol. The molecule has 0 aromatic rings. The van der Waals surface area contributed by atoms with Crippen molar-refractivity contribution in [3.8, 4) is 0 Å². The SMILES string of the molecule is FC(F)=C(F)C(F)(F)OC(F)(F)C(F)(OC(F)(F)C(F)(F)C(F)(F)F)C(F)(F)F. The largest absolute Gasteiger partial charge is 0.462 e. The number of alkyl halides is 15. The minimum atomic E-state index is -7.98. The molecule has 0 bridgehead atoms. The van der Waals surface area contributed by atoms with E-state index in [1.165, 1.54) is 9.47 Å². The maximum Gasteiger partial charge on any atom is 0.462 e. The second-order valence-electron chi connectivity index (χ2n) is 4.49. The normalized spacial score (nSPS) is 17.2. The van der Waals surface area contributed by atoms with E-state index in [0.29, 0.717) is 0 Å². The van der Waals surface area contributed by atoms with Gasteiger partial charge in [0.15, 0.2) is 0 Å². The maximum absolute atomic E-state index is 13.4. The molecule has 0 aliphatic carbocycles. The number of halogens is 18. The fourth-order valence-electron chi connectivity index (χ4n) is 1.07. The predicted octanol–water partition coefficient (Wildman–Crippen LogP) is 6.30. The van der Waals surface area contributed by atoms with Crippen molar-refractivity contribution in [2.75, 3.05) is 0 Å². The first-order valence-corrected chi connectivity index (χ1v) is 5.72. The summed E-state index contributed by atoms with van der Waals surface area (Å²) in [6, 6.07) is 0. The van der Waals surface area contributed by atoms with E-state index in [1.807, 2.05) is 0 Å². The van der Waals surface area contributed by atoms with E-state index >= 15 is 0 Å². The summed E-state index contributed by atoms with van der Waals surface area (Å²) in [6.07, 6.45) is -42.3. The highest BCUT2D eigenvalue weighted by Gasteiger charge is 2.84. The molecule has 0 aliphatic heterocycles. The zero-order chi connectivity index (χ0) is 24.1. The van der Waals surface area contributed by atoms with E-state index in [4.69, 9.17) is 0 Å². The highest BCUT2D eigenvalue weighted by atomic mass is 19.4. The van der Waals surface area contributed by atoms with Crippen LogP contribution in [0.1, 0.15) is 0 Å². The molecule has 0 heterocycles. The van der Waals surface area contributed by atoms with E-state index in [1.54, 1.807) is 0 Å². The summed E-state index contributed by atoms with van der Waals surface area (Å²) >= 11 is 0. The molecule has 29 heavy (non-hydrogen) atoms. The maximum atomic E-state index is 13.4. The molecule has 0 N–H and O–H groups in total. The average Bonchev–Trinajstić information content (AvgIpc) is 2.41. The Kier molecular flexibility index (Phi) is 6.87. The minimum absolute atomic E-state index is 1.20. The standard InChI is InChI=1S/C9F18O2/c10-1(2(11)12)3(13,14)28-9(26,27)5(17,7(21,22)23)29-8(24,25)4(15,16)6(18,19)20. The molecule has 0 spiro atoms. The van der Waals surface area contributed by atoms with Gasteiger partial charge in [-0.25, -0.2) is 4.74 Å². The van der Waals surface area contributed by atoms with Crippen molar-refractivity contribution in [3.05, 3.63) is 11.9 Å². The van der Waals surface area contributed by atoms with Crippen LogP contribution < -0.4 is 0 Å². The summed E-state index contributed by atoms with van der Waals surface area (Å²) in [7, 11) is 0. The van der Waals surface area contributed by atoms with Crippen LogP contribution in [0, 0.1) is 0 Å². The average molecular weight is 482 g/mol. The lowest BCUT2D eigenvalue weighted by Gasteiger charge is -2.38. The van der Waals surface area contributed by atoms with Crippen molar-refractivity contribution in [2.24, 2.45) is 0 Å². The summed E-state index contributed by atoms with van der Waals surface area (Å²) < 4.78 is 226. The Morgan fingerprint density at radius 1 is 0.483 bits per heavy atom. The summed E-state index contributed by atoms with van der Waals surface area (Å²) in [5.41, 5.74) is 0. The first kappa shape index (κ1) is 27.4. The van der Waals surface area contributed by atoms with Crippen molar-refractivity contribution >= 4 is 0 Å². The third kappa shape index (κ3) is 4.94. The van der Waals surface area contributed by atoms with E-state index in [0.717, 1.165) is 0 Å². The first-order valence-electron chi connectivity index (χ1n) is 5.72. The molecule has 0 aromatic heterocycles. The van der Waals surface area contributed by atoms with Crippen molar-refractivity contribution in [3.63, 3.8) is 0 Å². The molecule has 0 rings (SSSR count). The van der Waals surface area contributed by atoms with E-state index < -0.39 is 54.4 Å². The van der Waals surface area contributed by atoms with Gasteiger partial charge in [-0.05, 0) is 0 Å². The molecule has 0 amide bonds. The van der Waals surface area contributed by atoms with Gasteiger partial charge in [0.25, 0.3) is 5.83 Å². The molecular weight excluding hydrogens is 482 g/mol. The van der Waals surface area contributed by atoms with Crippen LogP contribution in [0.25, 0.3) is 0 Å². The number of hydrogen-bond donors (Lipinski definition) is 0. The lowest BCUT2D eigenvalue weighted by molar-refractivity contribution is -0.548. The molecule has 0 saturated carbocycles. The lowest BCUT2D eigenvalue weighted by Crippen LogP contribution is -2.66. The van der Waals surface area contributed by atoms with Crippen LogP contribution in [0.3, 0.4) is 0 Å². The molecule has 174 valence electrons. The predicted molar refractivity (Wildman–Crippen MR) is 48.3 cm³/mol. The fourth-order valence-corrected chi connectivity index (χ4v) is 1.07. The quantitative estimate of drug-likeness (QED) is 0.397. The van der Waals surface area contributed by atoms with Gasteiger partial charge in [-0.3, -0.25) is 4.74 Å². The zero-order valence-electron chi connectivity index (χ0n) is 12.1. The number of ether oxygens (including phenoxy) is 2. The van der Waals surface area contributed by atoms with Gasteiger partial charge in [0, 0.05) is 0 Å². The van der Waals surface area contributed by atoms with Gasteiger partial charge in [0.05, 0.1) is 0 Å². The van der Waals surface area contributed by atoms with Crippen LogP contribution in [-0.2, 0) is 9.47 Å². The van der Waals surface area contributed by atoms with Gasteiger partial charge in [0.1, 0.15) is 0 Å². The van der Waals surface area contributed by atoms with Crippen LogP contribution in [0.4, 0.5) is 79.0 Å². The van der Waals surface area contributed by atoms with Crippen LogP contribution >= 0.6 is 0 Å². The first-order chi connectivity index (χ1) is 12.3. The molecule has 0 fully saturated rings. The summed E-state index contributed by atoms with van der Waals surface area (Å²) in [5.74, 6) is -20.2. The molecule has 0 saturated heterocycles. The summed E-state index contributed by atoms with van der Waals surface area (Å²) in [4.78, 5) is 0. The third-order valence-electron chi connectivity index (χ3n) is 2.41. The Balaban J connectivity index is 6.45. The fraction of sp³-hybridized carbons (Fsp3) is 0.778. The minimum Gasteiger partial charge on any atom is -0.262 e. The van der Waals surface area contributed by atoms with E-state index in [-0.39, 0.29) is 0 Å². The third-order valence-corrected chi connectivity index (χ3v) is 2.41. The van der Waals surface area contributed by atoms with E-state index in [9.17, 15) is 79.0 Å². The second kappa shape index (κ2) is 7.27. The van der Waals surface area contributed by atoms with Crippen LogP contribution in [0.15, 0.2) is 11.9 Å². The Labute approximate surface area is 144 Å². The van der Waals surface area contributed by atoms with Crippen molar-refractivity contribution in [1.29, 1.82) is 0 Å². The molecule has 1 unspecified atom stereocenters. The van der Waals surface area contributed by atoms with Crippen molar-refractivity contribution in [2.45, 2.75) is 42.5 Å². The molecular formula is C9F18O2. The summed E-state index contributed by atoms with van der Waals surface area (Å²) in [6.45, 7) is 0. The van der Waals surface area contributed by atoms with E-state index in [2.05, 4.69) is 0 Å². The van der Waals surface area contributed by atoms with Gasteiger partial charge < -0.3 is 0 Å². The van der Waals surface area contributed by atoms with Crippen molar-refractivity contribution < 1.29 is 88.5 Å². The molecule has 20 heteroatoms. The second-order valence-corrected chi connectivity index (χ2v) is 4.49. The van der Waals surface area contributed by atoms with Crippen LogP contribution in [-0.4, -0.2) is 42.5 Å². The lowest BCUT2D eigenvalue weighted by atomic mass is 10.2. The topological polar surface area (TPSA) is 18.5 Å². The highest BCUT2D eigenvalue weighted by Crippen LogP contribution is 2.56. The number of rotatable bonds is 7. The van der Waals surface area contributed by atoms with Gasteiger partial charge in [-0.1, -0.05) is 0 Å². The molecule has 0 radical (unpaired) electrons. The highest BCUT2D eigenvalue weighted by molar-refractivity contribution is 5.02. The van der Waals surface area contributed by atoms with Gasteiger partial charge in [0.2, 0.25) is 0 Å². The molecule has 0 aromatic carbocycles. The smallest absolute Gasteiger partial charge is 0.262 e. The zero-order valence-corrected chi connectivity index (χ0v) is 12.1. The Hall–Kier alpha value is -1.60. The van der Waals surface area contributed by atoms with Crippen molar-refractivity contribution in [1.82, 2.24) is 0 Å². The van der Waals surface area contributed by atoms with Gasteiger partial charge >= 0.3 is 48.5 Å². The molecule has 2 nitrogen and oxygen atoms in total. The Morgan fingerprint density at radius 3 is 1.14 bits per heavy atom. The number of hydrogen-bond acceptors (Lipinski definition) is 2. The Bertz CT molecular complexity index is 624. The van der Waals surface area contributed by atoms with Gasteiger partial charge in [-0.2, -0.15) is 79.0 Å². The van der Waals surface area contributed by atoms with Gasteiger partial charge in [-0.15, -0.1) is 0 Å². The molecule has 0 aliphatic rings. The van der Waals surface area contributed by atoms with Crippen LogP contribution in [0.5, 0.6) is 0 Å². The summed E-state index contributed by atoms with van der Waals surface area (Å²) in [5, 5.41) is 0.